The van der Waals surface area contributed by atoms with Crippen LogP contribution in [0.25, 0.3) is 11.3 Å². The van der Waals surface area contributed by atoms with Gasteiger partial charge in [-0.3, -0.25) is 14.5 Å². The number of methoxy groups -OCH3 is 1. The van der Waals surface area contributed by atoms with E-state index in [0.29, 0.717) is 28.2 Å². The van der Waals surface area contributed by atoms with Gasteiger partial charge in [-0.1, -0.05) is 18.2 Å². The fourth-order valence-electron chi connectivity index (χ4n) is 4.11. The number of H-pyrrole nitrogens is 1. The molecule has 0 spiro atoms. The van der Waals surface area contributed by atoms with Gasteiger partial charge < -0.3 is 20.4 Å². The molecule has 3 aromatic rings. The minimum atomic E-state index is -2.99. The van der Waals surface area contributed by atoms with Crippen LogP contribution in [0.3, 0.4) is 0 Å². The molecule has 9 nitrogen and oxygen atoms in total. The average molecular weight is 481 g/mol. The Hall–Kier alpha value is -4.28. The number of pyridine rings is 1. The average Bonchev–Trinajstić information content (AvgIpc) is 3.34. The van der Waals surface area contributed by atoms with Crippen LogP contribution in [0.2, 0.25) is 0 Å². The van der Waals surface area contributed by atoms with Crippen molar-refractivity contribution in [1.29, 1.82) is 0 Å². The number of carbonyl (C=O) groups excluding carboxylic acids is 3. The molecule has 1 atom stereocenters. The zero-order valence-electron chi connectivity index (χ0n) is 18.6. The van der Waals surface area contributed by atoms with Crippen molar-refractivity contribution in [3.63, 3.8) is 0 Å². The monoisotopic (exact) mass is 481 g/mol. The highest BCUT2D eigenvalue weighted by molar-refractivity contribution is 6.09. The number of ketones is 1. The molecule has 2 amide bonds. The number of Topliss-reactive ketones (excluding diaryl/α,β-unsaturated/α-hetero) is 1. The number of benzene rings is 1. The van der Waals surface area contributed by atoms with Crippen LogP contribution in [0.5, 0.6) is 0 Å². The normalized spacial score (nSPS) is 18.0. The Kier molecular flexibility index (Phi) is 5.46. The Morgan fingerprint density at radius 2 is 1.94 bits per heavy atom. The van der Waals surface area contributed by atoms with E-state index in [2.05, 4.69) is 20.6 Å². The number of anilines is 3. The standard InChI is InChI=1S/C24H21F2N5O4/c1-35-23(34)31-11-16-19(17(32)12-31)21(28-14-5-3-2-4-6-14)20(29-16)13-7-8-27-18(9-13)30-22(33)15-10-24(15,25)26/h2-9,15,28-29H,10-12H2,1H3,(H,27,30,33). The molecular weight excluding hydrogens is 460 g/mol. The number of nitrogens with zero attached hydrogens (tertiary/aromatic N) is 2. The van der Waals surface area contributed by atoms with Crippen molar-refractivity contribution in [2.45, 2.75) is 18.9 Å². The first kappa shape index (κ1) is 22.5. The van der Waals surface area contributed by atoms with Gasteiger partial charge in [0.25, 0.3) is 5.92 Å². The summed E-state index contributed by atoms with van der Waals surface area (Å²) in [5.74, 6) is -5.31. The lowest BCUT2D eigenvalue weighted by atomic mass is 10.0. The van der Waals surface area contributed by atoms with Crippen LogP contribution in [0.15, 0.2) is 48.7 Å². The van der Waals surface area contributed by atoms with Gasteiger partial charge in [-0.25, -0.2) is 18.6 Å². The SMILES string of the molecule is COC(=O)N1CC(=O)c2c([nH]c(-c3ccnc(NC(=O)C4CC4(F)F)c3)c2Nc2ccccc2)C1. The summed E-state index contributed by atoms with van der Waals surface area (Å²) in [5.41, 5.74) is 3.23. The molecule has 0 bridgehead atoms. The fourth-order valence-corrected chi connectivity index (χ4v) is 4.11. The summed E-state index contributed by atoms with van der Waals surface area (Å²) in [5, 5.41) is 5.71. The summed E-state index contributed by atoms with van der Waals surface area (Å²) in [6, 6.07) is 12.4. The van der Waals surface area contributed by atoms with E-state index < -0.39 is 30.3 Å². The van der Waals surface area contributed by atoms with E-state index in [1.807, 2.05) is 30.3 Å². The van der Waals surface area contributed by atoms with Gasteiger partial charge in [0.15, 0.2) is 5.78 Å². The molecule has 1 fully saturated rings. The predicted molar refractivity (Wildman–Crippen MR) is 123 cm³/mol. The van der Waals surface area contributed by atoms with Crippen molar-refractivity contribution in [3.05, 3.63) is 59.9 Å². The highest BCUT2D eigenvalue weighted by Gasteiger charge is 2.61. The maximum absolute atomic E-state index is 13.3. The molecule has 0 saturated heterocycles. The molecule has 1 aromatic carbocycles. The van der Waals surface area contributed by atoms with Gasteiger partial charge in [-0.15, -0.1) is 0 Å². The van der Waals surface area contributed by atoms with Gasteiger partial charge in [-0.2, -0.15) is 0 Å². The first-order valence-corrected chi connectivity index (χ1v) is 10.8. The fraction of sp³-hybridized carbons (Fsp3) is 0.250. The minimum Gasteiger partial charge on any atom is -0.453 e. The second kappa shape index (κ2) is 8.49. The summed E-state index contributed by atoms with van der Waals surface area (Å²) in [6.45, 7) is -0.0175. The molecule has 1 saturated carbocycles. The van der Waals surface area contributed by atoms with Crippen molar-refractivity contribution >= 4 is 35.0 Å². The quantitative estimate of drug-likeness (QED) is 0.504. The van der Waals surface area contributed by atoms with Crippen LogP contribution in [-0.4, -0.2) is 52.2 Å². The lowest BCUT2D eigenvalue weighted by molar-refractivity contribution is -0.119. The van der Waals surface area contributed by atoms with Gasteiger partial charge in [0, 0.05) is 29.6 Å². The Morgan fingerprint density at radius 1 is 1.20 bits per heavy atom. The first-order valence-electron chi connectivity index (χ1n) is 10.8. The largest absolute Gasteiger partial charge is 0.453 e. The summed E-state index contributed by atoms with van der Waals surface area (Å²) in [6.07, 6.45) is 0.333. The van der Waals surface area contributed by atoms with Crippen LogP contribution >= 0.6 is 0 Å². The summed E-state index contributed by atoms with van der Waals surface area (Å²) >= 11 is 0. The molecule has 180 valence electrons. The second-order valence-electron chi connectivity index (χ2n) is 8.41. The molecule has 3 heterocycles. The molecule has 3 N–H and O–H groups in total. The number of aromatic nitrogens is 2. The maximum Gasteiger partial charge on any atom is 0.410 e. The Morgan fingerprint density at radius 3 is 2.63 bits per heavy atom. The van der Waals surface area contributed by atoms with Gasteiger partial charge in [0.2, 0.25) is 5.91 Å². The Balaban J connectivity index is 1.53. The first-order chi connectivity index (χ1) is 16.8. The summed E-state index contributed by atoms with van der Waals surface area (Å²) in [7, 11) is 1.25. The van der Waals surface area contributed by atoms with Crippen LogP contribution in [0, 0.1) is 5.92 Å². The van der Waals surface area contributed by atoms with Crippen molar-refractivity contribution in [2.75, 3.05) is 24.3 Å². The molecule has 1 aliphatic carbocycles. The number of rotatable bonds is 5. The number of amides is 2. The van der Waals surface area contributed by atoms with Crippen molar-refractivity contribution in [1.82, 2.24) is 14.9 Å². The maximum atomic E-state index is 13.3. The van der Waals surface area contributed by atoms with E-state index in [1.54, 1.807) is 6.07 Å². The highest BCUT2D eigenvalue weighted by atomic mass is 19.3. The minimum absolute atomic E-state index is 0.107. The molecular formula is C24H21F2N5O4. The topological polar surface area (TPSA) is 116 Å². The van der Waals surface area contributed by atoms with Crippen LogP contribution in [-0.2, 0) is 16.1 Å². The number of alkyl halides is 2. The zero-order chi connectivity index (χ0) is 24.7. The zero-order valence-corrected chi connectivity index (χ0v) is 18.6. The van der Waals surface area contributed by atoms with Crippen molar-refractivity contribution < 1.29 is 27.9 Å². The third-order valence-corrected chi connectivity index (χ3v) is 5.96. The number of nitrogens with one attached hydrogen (secondary N) is 3. The number of fused-ring (bicyclic) bond motifs is 1. The summed E-state index contributed by atoms with van der Waals surface area (Å²) < 4.78 is 31.3. The summed E-state index contributed by atoms with van der Waals surface area (Å²) in [4.78, 5) is 45.8. The second-order valence-corrected chi connectivity index (χ2v) is 8.41. The number of carbonyl (C=O) groups is 3. The molecule has 11 heteroatoms. The molecule has 1 aliphatic heterocycles. The van der Waals surface area contributed by atoms with Crippen molar-refractivity contribution in [2.24, 2.45) is 5.92 Å². The Labute approximate surface area is 198 Å². The van der Waals surface area contributed by atoms with E-state index in [-0.39, 0.29) is 24.7 Å². The number of halogens is 2. The van der Waals surface area contributed by atoms with E-state index in [1.165, 1.54) is 24.3 Å². The van der Waals surface area contributed by atoms with Gasteiger partial charge in [0.05, 0.1) is 37.1 Å². The van der Waals surface area contributed by atoms with Gasteiger partial charge in [0.1, 0.15) is 11.7 Å². The molecule has 2 aliphatic rings. The molecule has 5 rings (SSSR count). The lowest BCUT2D eigenvalue weighted by Gasteiger charge is -2.25. The molecule has 2 aromatic heterocycles. The molecule has 35 heavy (non-hydrogen) atoms. The van der Waals surface area contributed by atoms with Crippen LogP contribution < -0.4 is 10.6 Å². The van der Waals surface area contributed by atoms with E-state index in [0.717, 1.165) is 5.69 Å². The van der Waals surface area contributed by atoms with Crippen LogP contribution in [0.4, 0.5) is 30.8 Å². The number of hydrogen-bond donors (Lipinski definition) is 3. The smallest absolute Gasteiger partial charge is 0.410 e. The molecule has 1 unspecified atom stereocenters. The van der Waals surface area contributed by atoms with Gasteiger partial charge >= 0.3 is 6.09 Å². The highest BCUT2D eigenvalue weighted by Crippen LogP contribution is 2.49. The number of aromatic amines is 1. The van der Waals surface area contributed by atoms with Crippen molar-refractivity contribution in [3.8, 4) is 11.3 Å². The van der Waals surface area contributed by atoms with E-state index >= 15 is 0 Å². The van der Waals surface area contributed by atoms with E-state index in [4.69, 9.17) is 4.74 Å². The predicted octanol–water partition coefficient (Wildman–Crippen LogP) is 4.18. The number of para-hydroxylation sites is 1. The lowest BCUT2D eigenvalue weighted by Crippen LogP contribution is -2.39. The number of hydrogen-bond acceptors (Lipinski definition) is 6. The number of ether oxygens (including phenoxy) is 1. The van der Waals surface area contributed by atoms with Crippen LogP contribution in [0.1, 0.15) is 22.5 Å². The Bertz CT molecular complexity index is 1320. The molecule has 0 radical (unpaired) electrons. The van der Waals surface area contributed by atoms with Gasteiger partial charge in [-0.05, 0) is 24.3 Å². The van der Waals surface area contributed by atoms with E-state index in [9.17, 15) is 23.2 Å². The third-order valence-electron chi connectivity index (χ3n) is 5.96. The third kappa shape index (κ3) is 4.32.